The zero-order valence-corrected chi connectivity index (χ0v) is 5.87. The van der Waals surface area contributed by atoms with Crippen LogP contribution in [0.3, 0.4) is 0 Å². The van der Waals surface area contributed by atoms with Gasteiger partial charge in [0.2, 0.25) is 0 Å². The van der Waals surface area contributed by atoms with E-state index in [9.17, 15) is 0 Å². The van der Waals surface area contributed by atoms with Gasteiger partial charge in [-0.05, 0) is 13.0 Å². The topological polar surface area (TPSA) is 59.4 Å². The van der Waals surface area contributed by atoms with Gasteiger partial charge in [-0.3, -0.25) is 0 Å². The Labute approximate surface area is 59.5 Å². The highest BCUT2D eigenvalue weighted by atomic mass is 16.3. The molecule has 0 unspecified atom stereocenters. The summed E-state index contributed by atoms with van der Waals surface area (Å²) in [7, 11) is 0. The van der Waals surface area contributed by atoms with Gasteiger partial charge in [0.25, 0.3) is 0 Å². The van der Waals surface area contributed by atoms with Crippen LogP contribution < -0.4 is 5.73 Å². The highest BCUT2D eigenvalue weighted by molar-refractivity contribution is 5.15. The van der Waals surface area contributed by atoms with Crippen molar-refractivity contribution in [1.29, 1.82) is 0 Å². The van der Waals surface area contributed by atoms with E-state index >= 15 is 0 Å². The van der Waals surface area contributed by atoms with E-state index in [1.54, 1.807) is 6.26 Å². The molecular weight excluding hydrogens is 130 g/mol. The summed E-state index contributed by atoms with van der Waals surface area (Å²) in [6, 6.07) is 1.51. The first-order chi connectivity index (χ1) is 4.74. The fraction of sp³-hybridized carbons (Fsp3) is 0.429. The van der Waals surface area contributed by atoms with Crippen LogP contribution in [0.1, 0.15) is 17.4 Å². The van der Waals surface area contributed by atoms with Gasteiger partial charge in [-0.2, -0.15) is 0 Å². The molecule has 0 aliphatic carbocycles. The first kappa shape index (κ1) is 7.31. The van der Waals surface area contributed by atoms with E-state index in [2.05, 4.69) is 0 Å². The highest BCUT2D eigenvalue weighted by Gasteiger charge is 2.05. The van der Waals surface area contributed by atoms with Gasteiger partial charge in [0, 0.05) is 5.56 Å². The van der Waals surface area contributed by atoms with Gasteiger partial charge < -0.3 is 15.3 Å². The normalized spacial score (nSPS) is 13.5. The van der Waals surface area contributed by atoms with E-state index in [0.717, 1.165) is 11.3 Å². The van der Waals surface area contributed by atoms with Crippen molar-refractivity contribution in [2.24, 2.45) is 5.73 Å². The predicted octanol–water partition coefficient (Wildman–Crippen LogP) is 0.580. The molecule has 3 heteroatoms. The minimum atomic E-state index is -0.308. The van der Waals surface area contributed by atoms with Crippen molar-refractivity contribution < 1.29 is 9.52 Å². The molecule has 1 aromatic rings. The van der Waals surface area contributed by atoms with Crippen molar-refractivity contribution in [2.45, 2.75) is 13.0 Å². The lowest BCUT2D eigenvalue weighted by atomic mass is 10.2. The molecule has 3 nitrogen and oxygen atoms in total. The maximum absolute atomic E-state index is 8.63. The molecule has 1 rings (SSSR count). The molecule has 0 aromatic carbocycles. The van der Waals surface area contributed by atoms with Crippen molar-refractivity contribution in [3.63, 3.8) is 0 Å². The summed E-state index contributed by atoms with van der Waals surface area (Å²) in [5, 5.41) is 8.63. The average Bonchev–Trinajstić information content (AvgIpc) is 2.34. The van der Waals surface area contributed by atoms with Crippen molar-refractivity contribution in [3.05, 3.63) is 23.7 Å². The van der Waals surface area contributed by atoms with Gasteiger partial charge in [0.05, 0.1) is 18.9 Å². The zero-order valence-electron chi connectivity index (χ0n) is 5.87. The van der Waals surface area contributed by atoms with Crippen LogP contribution in [0.25, 0.3) is 0 Å². The average molecular weight is 141 g/mol. The van der Waals surface area contributed by atoms with Gasteiger partial charge in [0.15, 0.2) is 0 Å². The smallest absolute Gasteiger partial charge is 0.101 e. The summed E-state index contributed by atoms with van der Waals surface area (Å²) in [6.07, 6.45) is 1.57. The number of nitrogens with two attached hydrogens (primary N) is 1. The van der Waals surface area contributed by atoms with Crippen LogP contribution in [0.4, 0.5) is 0 Å². The molecule has 0 saturated heterocycles. The van der Waals surface area contributed by atoms with Crippen LogP contribution in [-0.2, 0) is 0 Å². The molecule has 0 aliphatic heterocycles. The van der Waals surface area contributed by atoms with E-state index in [4.69, 9.17) is 15.3 Å². The molecule has 0 radical (unpaired) electrons. The molecule has 0 amide bonds. The predicted molar refractivity (Wildman–Crippen MR) is 37.5 cm³/mol. The fourth-order valence-corrected chi connectivity index (χ4v) is 0.764. The lowest BCUT2D eigenvalue weighted by Crippen LogP contribution is -2.13. The van der Waals surface area contributed by atoms with Gasteiger partial charge >= 0.3 is 0 Å². The Kier molecular flexibility index (Phi) is 2.09. The number of hydrogen-bond acceptors (Lipinski definition) is 3. The largest absolute Gasteiger partial charge is 0.469 e. The van der Waals surface area contributed by atoms with E-state index < -0.39 is 0 Å². The Morgan fingerprint density at radius 2 is 2.50 bits per heavy atom. The lowest BCUT2D eigenvalue weighted by Gasteiger charge is -2.01. The maximum atomic E-state index is 8.63. The first-order valence-corrected chi connectivity index (χ1v) is 3.15. The van der Waals surface area contributed by atoms with E-state index in [1.165, 1.54) is 0 Å². The van der Waals surface area contributed by atoms with Crippen LogP contribution in [0.2, 0.25) is 0 Å². The SMILES string of the molecule is Cc1cc([C@H](N)CO)co1. The Bertz CT molecular complexity index is 207. The summed E-state index contributed by atoms with van der Waals surface area (Å²) in [4.78, 5) is 0. The third-order valence-electron chi connectivity index (χ3n) is 1.38. The molecule has 1 heterocycles. The second-order valence-electron chi connectivity index (χ2n) is 2.28. The summed E-state index contributed by atoms with van der Waals surface area (Å²) in [5.74, 6) is 0.818. The zero-order chi connectivity index (χ0) is 7.56. The van der Waals surface area contributed by atoms with Crippen LogP contribution in [-0.4, -0.2) is 11.7 Å². The van der Waals surface area contributed by atoms with Crippen LogP contribution in [0, 0.1) is 6.92 Å². The Morgan fingerprint density at radius 3 is 2.90 bits per heavy atom. The van der Waals surface area contributed by atoms with Crippen LogP contribution >= 0.6 is 0 Å². The van der Waals surface area contributed by atoms with Crippen molar-refractivity contribution >= 4 is 0 Å². The summed E-state index contributed by atoms with van der Waals surface area (Å²) < 4.78 is 5.00. The number of aliphatic hydroxyl groups excluding tert-OH is 1. The molecule has 0 bridgehead atoms. The quantitative estimate of drug-likeness (QED) is 0.633. The van der Waals surface area contributed by atoms with E-state index in [-0.39, 0.29) is 12.6 Å². The standard InChI is InChI=1S/C7H11NO2/c1-5-2-6(4-10-5)7(8)3-9/h2,4,7,9H,3,8H2,1H3/t7-/m1/s1. The van der Waals surface area contributed by atoms with Gasteiger partial charge in [-0.1, -0.05) is 0 Å². The fourth-order valence-electron chi connectivity index (χ4n) is 0.764. The molecule has 0 saturated carbocycles. The number of hydrogen-bond donors (Lipinski definition) is 2. The number of rotatable bonds is 2. The van der Waals surface area contributed by atoms with Crippen LogP contribution in [0.5, 0.6) is 0 Å². The van der Waals surface area contributed by atoms with Crippen molar-refractivity contribution in [2.75, 3.05) is 6.61 Å². The third kappa shape index (κ3) is 1.37. The van der Waals surface area contributed by atoms with Crippen molar-refractivity contribution in [3.8, 4) is 0 Å². The lowest BCUT2D eigenvalue weighted by molar-refractivity contribution is 0.267. The molecule has 3 N–H and O–H groups in total. The molecule has 1 atom stereocenters. The van der Waals surface area contributed by atoms with Gasteiger partial charge in [-0.15, -0.1) is 0 Å². The monoisotopic (exact) mass is 141 g/mol. The molecule has 0 fully saturated rings. The van der Waals surface area contributed by atoms with Crippen molar-refractivity contribution in [1.82, 2.24) is 0 Å². The summed E-state index contributed by atoms with van der Waals surface area (Å²) in [5.41, 5.74) is 6.34. The number of aliphatic hydroxyl groups is 1. The number of aryl methyl sites for hydroxylation is 1. The minimum absolute atomic E-state index is 0.0427. The van der Waals surface area contributed by atoms with Gasteiger partial charge in [0.1, 0.15) is 5.76 Å². The minimum Gasteiger partial charge on any atom is -0.469 e. The Morgan fingerprint density at radius 1 is 1.80 bits per heavy atom. The highest BCUT2D eigenvalue weighted by Crippen LogP contribution is 2.12. The molecule has 56 valence electrons. The second-order valence-corrected chi connectivity index (χ2v) is 2.28. The molecular formula is C7H11NO2. The first-order valence-electron chi connectivity index (χ1n) is 3.15. The van der Waals surface area contributed by atoms with E-state index in [1.807, 2.05) is 13.0 Å². The van der Waals surface area contributed by atoms with Crippen LogP contribution in [0.15, 0.2) is 16.7 Å². The molecule has 1 aromatic heterocycles. The Balaban J connectivity index is 2.74. The number of furan rings is 1. The second kappa shape index (κ2) is 2.86. The molecule has 10 heavy (non-hydrogen) atoms. The molecule has 0 spiro atoms. The maximum Gasteiger partial charge on any atom is 0.101 e. The summed E-state index contributed by atoms with van der Waals surface area (Å²) >= 11 is 0. The van der Waals surface area contributed by atoms with E-state index in [0.29, 0.717) is 0 Å². The molecule has 0 aliphatic rings. The van der Waals surface area contributed by atoms with Gasteiger partial charge in [-0.25, -0.2) is 0 Å². The Hall–Kier alpha value is -0.800. The third-order valence-corrected chi connectivity index (χ3v) is 1.38. The summed E-state index contributed by atoms with van der Waals surface area (Å²) in [6.45, 7) is 1.80.